The molecule has 0 bridgehead atoms. The average Bonchev–Trinajstić information content (AvgIpc) is 2.60. The largest absolute Gasteiger partial charge is 0.466 e. The Morgan fingerprint density at radius 1 is 0.870 bits per heavy atom. The van der Waals surface area contributed by atoms with Gasteiger partial charge in [0.05, 0.1) is 7.11 Å². The molecule has 0 amide bonds. The van der Waals surface area contributed by atoms with Crippen LogP contribution in [-0.4, -0.2) is 13.1 Å². The van der Waals surface area contributed by atoms with Gasteiger partial charge in [-0.3, -0.25) is 0 Å². The molecule has 0 fully saturated rings. The summed E-state index contributed by atoms with van der Waals surface area (Å²) in [7, 11) is 1.41. The van der Waals surface area contributed by atoms with E-state index in [4.69, 9.17) is 4.74 Å². The number of ether oxygens (including phenoxy) is 1. The predicted octanol–water partition coefficient (Wildman–Crippen LogP) is 5.16. The summed E-state index contributed by atoms with van der Waals surface area (Å²) >= 11 is 0. The lowest BCUT2D eigenvalue weighted by molar-refractivity contribution is -0.135. The quantitative estimate of drug-likeness (QED) is 0.290. The Morgan fingerprint density at radius 3 is 2.17 bits per heavy atom. The van der Waals surface area contributed by atoms with Crippen LogP contribution in [0.5, 0.6) is 0 Å². The van der Waals surface area contributed by atoms with Crippen LogP contribution in [0.15, 0.2) is 60.2 Å². The summed E-state index contributed by atoms with van der Waals surface area (Å²) in [5, 5.41) is 7.41. The van der Waals surface area contributed by atoms with E-state index in [2.05, 4.69) is 54.6 Å². The molecule has 0 saturated carbocycles. The average molecular weight is 300 g/mol. The van der Waals surface area contributed by atoms with Gasteiger partial charge < -0.3 is 4.74 Å². The van der Waals surface area contributed by atoms with Gasteiger partial charge in [-0.25, -0.2) is 4.79 Å². The van der Waals surface area contributed by atoms with E-state index in [1.54, 1.807) is 6.92 Å². The molecule has 0 aliphatic heterocycles. The van der Waals surface area contributed by atoms with Crippen molar-refractivity contribution in [2.75, 3.05) is 7.11 Å². The Morgan fingerprint density at radius 2 is 1.48 bits per heavy atom. The van der Waals surface area contributed by atoms with Crippen LogP contribution >= 0.6 is 0 Å². The summed E-state index contributed by atoms with van der Waals surface area (Å²) in [4.78, 5) is 11.7. The summed E-state index contributed by atoms with van der Waals surface area (Å²) < 4.78 is 4.80. The molecule has 0 atom stereocenters. The molecule has 0 aromatic heterocycles. The third-order valence-corrected chi connectivity index (χ3v) is 4.44. The topological polar surface area (TPSA) is 26.3 Å². The fraction of sp³-hybridized carbons (Fsp3) is 0.0952. The molecule has 112 valence electrons. The van der Waals surface area contributed by atoms with Crippen LogP contribution in [0.2, 0.25) is 0 Å². The van der Waals surface area contributed by atoms with Crippen molar-refractivity contribution in [1.82, 2.24) is 0 Å². The smallest absolute Gasteiger partial charge is 0.333 e. The van der Waals surface area contributed by atoms with Gasteiger partial charge in [0.1, 0.15) is 0 Å². The lowest BCUT2D eigenvalue weighted by atomic mass is 9.91. The van der Waals surface area contributed by atoms with E-state index >= 15 is 0 Å². The van der Waals surface area contributed by atoms with Gasteiger partial charge in [0.2, 0.25) is 0 Å². The Kier molecular flexibility index (Phi) is 3.05. The van der Waals surface area contributed by atoms with Crippen LogP contribution in [0.3, 0.4) is 0 Å². The summed E-state index contributed by atoms with van der Waals surface area (Å²) in [6, 6.07) is 19.2. The second-order valence-electron chi connectivity index (χ2n) is 5.83. The lowest BCUT2D eigenvalue weighted by Crippen LogP contribution is -2.01. The van der Waals surface area contributed by atoms with Crippen molar-refractivity contribution in [3.63, 3.8) is 0 Å². The first kappa shape index (κ1) is 13.8. The van der Waals surface area contributed by atoms with Crippen molar-refractivity contribution < 1.29 is 9.53 Å². The van der Waals surface area contributed by atoms with Gasteiger partial charge in [0.25, 0.3) is 0 Å². The predicted molar refractivity (Wildman–Crippen MR) is 95.8 cm³/mol. The molecule has 2 nitrogen and oxygen atoms in total. The maximum absolute atomic E-state index is 11.7. The molecule has 2 heteroatoms. The highest BCUT2D eigenvalue weighted by Gasteiger charge is 2.11. The number of esters is 1. The summed E-state index contributed by atoms with van der Waals surface area (Å²) in [6.07, 6.45) is 1.90. The molecule has 0 N–H and O–H groups in total. The van der Waals surface area contributed by atoms with E-state index in [1.807, 2.05) is 6.08 Å². The first-order valence-electron chi connectivity index (χ1n) is 7.62. The molecular weight excluding hydrogens is 284 g/mol. The number of hydrogen-bond acceptors (Lipinski definition) is 2. The molecule has 4 rings (SSSR count). The number of benzene rings is 4. The number of carbonyl (C=O) groups is 1. The maximum atomic E-state index is 11.7. The SMILES string of the molecule is COC(=O)C(C)=Cc1ccc2ccc3cccc4ccc1c2c34. The normalized spacial score (nSPS) is 12.3. The minimum atomic E-state index is -0.296. The van der Waals surface area contributed by atoms with Gasteiger partial charge in [0, 0.05) is 5.57 Å². The first-order chi connectivity index (χ1) is 11.2. The molecular formula is C21H16O2. The monoisotopic (exact) mass is 300 g/mol. The molecule has 4 aromatic rings. The fourth-order valence-electron chi connectivity index (χ4n) is 3.34. The minimum Gasteiger partial charge on any atom is -0.466 e. The van der Waals surface area contributed by atoms with E-state index in [-0.39, 0.29) is 5.97 Å². The van der Waals surface area contributed by atoms with Gasteiger partial charge in [-0.2, -0.15) is 0 Å². The molecule has 0 aliphatic carbocycles. The van der Waals surface area contributed by atoms with Crippen LogP contribution < -0.4 is 0 Å². The van der Waals surface area contributed by atoms with E-state index in [0.29, 0.717) is 5.57 Å². The van der Waals surface area contributed by atoms with E-state index in [9.17, 15) is 4.79 Å². The fourth-order valence-corrected chi connectivity index (χ4v) is 3.34. The Hall–Kier alpha value is -2.87. The standard InChI is InChI=1S/C21H16O2/c1-13(21(22)23-2)12-17-9-8-16-7-6-14-4-3-5-15-10-11-18(17)20(16)19(14)15/h3-12H,1-2H3. The lowest BCUT2D eigenvalue weighted by Gasteiger charge is -2.12. The molecule has 0 aliphatic rings. The van der Waals surface area contributed by atoms with Gasteiger partial charge in [0.15, 0.2) is 0 Å². The van der Waals surface area contributed by atoms with Crippen molar-refractivity contribution in [3.05, 3.63) is 65.7 Å². The van der Waals surface area contributed by atoms with Crippen molar-refractivity contribution in [1.29, 1.82) is 0 Å². The van der Waals surface area contributed by atoms with Crippen molar-refractivity contribution in [3.8, 4) is 0 Å². The molecule has 23 heavy (non-hydrogen) atoms. The zero-order valence-corrected chi connectivity index (χ0v) is 13.1. The van der Waals surface area contributed by atoms with E-state index in [1.165, 1.54) is 34.0 Å². The van der Waals surface area contributed by atoms with Crippen LogP contribution in [0.1, 0.15) is 12.5 Å². The van der Waals surface area contributed by atoms with Gasteiger partial charge in [-0.05, 0) is 50.9 Å². The Balaban J connectivity index is 2.10. The Labute approximate surface area is 134 Å². The highest BCUT2D eigenvalue weighted by molar-refractivity contribution is 6.24. The van der Waals surface area contributed by atoms with Gasteiger partial charge in [-0.15, -0.1) is 0 Å². The summed E-state index contributed by atoms with van der Waals surface area (Å²) in [5.74, 6) is -0.296. The third-order valence-electron chi connectivity index (χ3n) is 4.44. The third kappa shape index (κ3) is 2.07. The van der Waals surface area contributed by atoms with E-state index in [0.717, 1.165) is 10.9 Å². The summed E-state index contributed by atoms with van der Waals surface area (Å²) in [6.45, 7) is 1.78. The van der Waals surface area contributed by atoms with Crippen molar-refractivity contribution in [2.24, 2.45) is 0 Å². The Bertz CT molecular complexity index is 1060. The molecule has 4 aromatic carbocycles. The van der Waals surface area contributed by atoms with Crippen LogP contribution in [0, 0.1) is 0 Å². The second kappa shape index (κ2) is 5.10. The first-order valence-corrected chi connectivity index (χ1v) is 7.62. The highest BCUT2D eigenvalue weighted by atomic mass is 16.5. The number of rotatable bonds is 2. The molecule has 0 heterocycles. The molecule has 0 spiro atoms. The van der Waals surface area contributed by atoms with Gasteiger partial charge >= 0.3 is 5.97 Å². The van der Waals surface area contributed by atoms with Gasteiger partial charge in [-0.1, -0.05) is 54.6 Å². The van der Waals surface area contributed by atoms with Crippen molar-refractivity contribution in [2.45, 2.75) is 6.92 Å². The number of methoxy groups -OCH3 is 1. The zero-order valence-electron chi connectivity index (χ0n) is 13.1. The number of carbonyl (C=O) groups excluding carboxylic acids is 1. The second-order valence-corrected chi connectivity index (χ2v) is 5.83. The van der Waals surface area contributed by atoms with Crippen LogP contribution in [-0.2, 0) is 9.53 Å². The zero-order chi connectivity index (χ0) is 16.0. The number of hydrogen-bond donors (Lipinski definition) is 0. The molecule has 0 unspecified atom stereocenters. The van der Waals surface area contributed by atoms with Crippen molar-refractivity contribution >= 4 is 44.4 Å². The minimum absolute atomic E-state index is 0.296. The van der Waals surface area contributed by atoms with Crippen LogP contribution in [0.25, 0.3) is 38.4 Å². The molecule has 0 radical (unpaired) electrons. The van der Waals surface area contributed by atoms with E-state index < -0.39 is 0 Å². The summed E-state index contributed by atoms with van der Waals surface area (Å²) in [5.41, 5.74) is 1.64. The van der Waals surface area contributed by atoms with Crippen LogP contribution in [0.4, 0.5) is 0 Å². The maximum Gasteiger partial charge on any atom is 0.333 e. The highest BCUT2D eigenvalue weighted by Crippen LogP contribution is 2.36. The molecule has 0 saturated heterocycles.